The molecular formula is C11H17N3O2. The molecule has 1 aromatic heterocycles. The molecule has 16 heavy (non-hydrogen) atoms. The molecule has 5 heteroatoms. The fourth-order valence-corrected chi connectivity index (χ4v) is 1.96. The summed E-state index contributed by atoms with van der Waals surface area (Å²) in [5, 5.41) is 4.06. The highest BCUT2D eigenvalue weighted by molar-refractivity contribution is 5.82. The highest BCUT2D eigenvalue weighted by atomic mass is 16.5. The predicted octanol–water partition coefficient (Wildman–Crippen LogP) is -0.104. The van der Waals surface area contributed by atoms with E-state index >= 15 is 0 Å². The minimum atomic E-state index is -0.124. The maximum Gasteiger partial charge on any atom is 0.140 e. The zero-order valence-electron chi connectivity index (χ0n) is 9.43. The van der Waals surface area contributed by atoms with Crippen LogP contribution in [0.4, 0.5) is 0 Å². The number of ether oxygens (including phenoxy) is 1. The molecule has 88 valence electrons. The summed E-state index contributed by atoms with van der Waals surface area (Å²) in [6.45, 7) is 0.982. The van der Waals surface area contributed by atoms with E-state index in [1.54, 1.807) is 10.9 Å². The van der Waals surface area contributed by atoms with Crippen molar-refractivity contribution >= 4 is 5.78 Å². The summed E-state index contributed by atoms with van der Waals surface area (Å²) in [6, 6.07) is -0.124. The van der Waals surface area contributed by atoms with Gasteiger partial charge < -0.3 is 10.5 Å². The van der Waals surface area contributed by atoms with Crippen molar-refractivity contribution in [3.8, 4) is 0 Å². The van der Waals surface area contributed by atoms with Gasteiger partial charge in [-0.2, -0.15) is 5.10 Å². The summed E-state index contributed by atoms with van der Waals surface area (Å²) in [5.41, 5.74) is 6.88. The smallest absolute Gasteiger partial charge is 0.140 e. The first-order chi connectivity index (χ1) is 7.66. The van der Waals surface area contributed by atoms with Crippen LogP contribution in [0, 0.1) is 5.92 Å². The van der Waals surface area contributed by atoms with E-state index in [1.807, 2.05) is 13.2 Å². The number of hydrogen-bond donors (Lipinski definition) is 1. The quantitative estimate of drug-likeness (QED) is 0.773. The van der Waals surface area contributed by atoms with E-state index in [9.17, 15) is 4.79 Å². The first-order valence-corrected chi connectivity index (χ1v) is 5.50. The molecule has 0 amide bonds. The van der Waals surface area contributed by atoms with Crippen molar-refractivity contribution in [2.45, 2.75) is 18.9 Å². The second-order valence-corrected chi connectivity index (χ2v) is 4.30. The number of aromatic nitrogens is 2. The van der Waals surface area contributed by atoms with Crippen LogP contribution < -0.4 is 5.73 Å². The Labute approximate surface area is 94.6 Å². The molecule has 1 aromatic rings. The molecule has 2 N–H and O–H groups in total. The van der Waals surface area contributed by atoms with Gasteiger partial charge in [0, 0.05) is 25.7 Å². The van der Waals surface area contributed by atoms with Crippen LogP contribution in [0.25, 0.3) is 0 Å². The Morgan fingerprint density at radius 1 is 1.69 bits per heavy atom. The molecule has 0 saturated carbocycles. The fourth-order valence-electron chi connectivity index (χ4n) is 1.96. The highest BCUT2D eigenvalue weighted by Gasteiger charge is 2.30. The van der Waals surface area contributed by atoms with Crippen molar-refractivity contribution in [1.29, 1.82) is 0 Å². The van der Waals surface area contributed by atoms with Crippen LogP contribution in [-0.4, -0.2) is 34.8 Å². The molecule has 1 aliphatic heterocycles. The second-order valence-electron chi connectivity index (χ2n) is 4.30. The average Bonchev–Trinajstić information content (AvgIpc) is 2.84. The Balaban J connectivity index is 1.83. The van der Waals surface area contributed by atoms with Gasteiger partial charge in [0.05, 0.1) is 25.3 Å². The molecule has 0 aromatic carbocycles. The Kier molecular flexibility index (Phi) is 3.36. The number of nitrogens with two attached hydrogens (primary N) is 1. The van der Waals surface area contributed by atoms with Gasteiger partial charge in [-0.1, -0.05) is 0 Å². The third-order valence-electron chi connectivity index (χ3n) is 2.96. The minimum absolute atomic E-state index is 0.114. The van der Waals surface area contributed by atoms with Gasteiger partial charge in [-0.3, -0.25) is 9.48 Å². The summed E-state index contributed by atoms with van der Waals surface area (Å²) >= 11 is 0. The molecule has 1 fully saturated rings. The van der Waals surface area contributed by atoms with E-state index in [0.29, 0.717) is 19.6 Å². The van der Waals surface area contributed by atoms with Gasteiger partial charge >= 0.3 is 0 Å². The topological polar surface area (TPSA) is 70.1 Å². The standard InChI is InChI=1S/C11H17N3O2/c1-14-5-8(4-13-14)2-3-11(15)9-6-16-7-10(9)12/h4-5,9-10H,2-3,6-7,12H2,1H3. The van der Waals surface area contributed by atoms with Gasteiger partial charge in [0.1, 0.15) is 5.78 Å². The second kappa shape index (κ2) is 4.76. The number of rotatable bonds is 4. The minimum Gasteiger partial charge on any atom is -0.379 e. The van der Waals surface area contributed by atoms with E-state index in [4.69, 9.17) is 10.5 Å². The van der Waals surface area contributed by atoms with Gasteiger partial charge in [0.15, 0.2) is 0 Å². The van der Waals surface area contributed by atoms with E-state index in [-0.39, 0.29) is 17.7 Å². The summed E-state index contributed by atoms with van der Waals surface area (Å²) in [6.07, 6.45) is 4.97. The summed E-state index contributed by atoms with van der Waals surface area (Å²) in [5.74, 6) is 0.0884. The molecular weight excluding hydrogens is 206 g/mol. The number of ketones is 1. The van der Waals surface area contributed by atoms with Crippen molar-refractivity contribution in [1.82, 2.24) is 9.78 Å². The van der Waals surface area contributed by atoms with Crippen LogP contribution in [0.3, 0.4) is 0 Å². The summed E-state index contributed by atoms with van der Waals surface area (Å²) < 4.78 is 6.92. The zero-order chi connectivity index (χ0) is 11.5. The number of nitrogens with zero attached hydrogens (tertiary/aromatic N) is 2. The molecule has 2 heterocycles. The lowest BCUT2D eigenvalue weighted by Crippen LogP contribution is -2.34. The van der Waals surface area contributed by atoms with Crippen LogP contribution in [0.2, 0.25) is 0 Å². The Morgan fingerprint density at radius 2 is 2.50 bits per heavy atom. The van der Waals surface area contributed by atoms with Gasteiger partial charge in [0.25, 0.3) is 0 Å². The molecule has 0 bridgehead atoms. The van der Waals surface area contributed by atoms with E-state index in [2.05, 4.69) is 5.10 Å². The Morgan fingerprint density at radius 3 is 3.06 bits per heavy atom. The Bertz CT molecular complexity index is 375. The molecule has 1 saturated heterocycles. The number of Topliss-reactive ketones (excluding diaryl/α,β-unsaturated/α-hetero) is 1. The van der Waals surface area contributed by atoms with Crippen molar-refractivity contribution in [2.75, 3.05) is 13.2 Å². The normalized spacial score (nSPS) is 24.9. The van der Waals surface area contributed by atoms with Gasteiger partial charge in [-0.15, -0.1) is 0 Å². The SMILES string of the molecule is Cn1cc(CCC(=O)C2COCC2N)cn1. The number of hydrogen-bond acceptors (Lipinski definition) is 4. The van der Waals surface area contributed by atoms with Gasteiger partial charge in [-0.05, 0) is 12.0 Å². The lowest BCUT2D eigenvalue weighted by atomic mass is 9.95. The van der Waals surface area contributed by atoms with E-state index < -0.39 is 0 Å². The van der Waals surface area contributed by atoms with Crippen molar-refractivity contribution in [3.63, 3.8) is 0 Å². The first kappa shape index (κ1) is 11.3. The van der Waals surface area contributed by atoms with E-state index in [0.717, 1.165) is 12.0 Å². The maximum atomic E-state index is 11.8. The monoisotopic (exact) mass is 223 g/mol. The molecule has 5 nitrogen and oxygen atoms in total. The molecule has 2 atom stereocenters. The van der Waals surface area contributed by atoms with Gasteiger partial charge in [0.2, 0.25) is 0 Å². The molecule has 0 radical (unpaired) electrons. The largest absolute Gasteiger partial charge is 0.379 e. The molecule has 2 unspecified atom stereocenters. The van der Waals surface area contributed by atoms with Crippen LogP contribution in [0.1, 0.15) is 12.0 Å². The number of carbonyl (C=O) groups is 1. The lowest BCUT2D eigenvalue weighted by Gasteiger charge is -2.10. The van der Waals surface area contributed by atoms with Crippen LogP contribution in [0.15, 0.2) is 12.4 Å². The third-order valence-corrected chi connectivity index (χ3v) is 2.96. The number of carbonyl (C=O) groups excluding carboxylic acids is 1. The molecule has 0 aliphatic carbocycles. The fraction of sp³-hybridized carbons (Fsp3) is 0.636. The summed E-state index contributed by atoms with van der Waals surface area (Å²) in [7, 11) is 1.87. The van der Waals surface area contributed by atoms with Crippen LogP contribution in [0.5, 0.6) is 0 Å². The van der Waals surface area contributed by atoms with Crippen LogP contribution in [-0.2, 0) is 23.0 Å². The summed E-state index contributed by atoms with van der Waals surface area (Å²) in [4.78, 5) is 11.8. The highest BCUT2D eigenvalue weighted by Crippen LogP contribution is 2.15. The third kappa shape index (κ3) is 2.48. The number of aryl methyl sites for hydroxylation is 2. The van der Waals surface area contributed by atoms with Crippen LogP contribution >= 0.6 is 0 Å². The average molecular weight is 223 g/mol. The zero-order valence-corrected chi connectivity index (χ0v) is 9.43. The lowest BCUT2D eigenvalue weighted by molar-refractivity contribution is -0.123. The maximum absolute atomic E-state index is 11.8. The van der Waals surface area contributed by atoms with Gasteiger partial charge in [-0.25, -0.2) is 0 Å². The Hall–Kier alpha value is -1.20. The molecule has 2 rings (SSSR count). The molecule has 1 aliphatic rings. The van der Waals surface area contributed by atoms with Crippen molar-refractivity contribution in [2.24, 2.45) is 18.7 Å². The van der Waals surface area contributed by atoms with E-state index in [1.165, 1.54) is 0 Å². The molecule has 0 spiro atoms. The first-order valence-electron chi connectivity index (χ1n) is 5.50. The predicted molar refractivity (Wildman–Crippen MR) is 58.8 cm³/mol. The van der Waals surface area contributed by atoms with Crippen molar-refractivity contribution < 1.29 is 9.53 Å². The van der Waals surface area contributed by atoms with Crippen molar-refractivity contribution in [3.05, 3.63) is 18.0 Å².